The summed E-state index contributed by atoms with van der Waals surface area (Å²) in [6, 6.07) is 1.93. The summed E-state index contributed by atoms with van der Waals surface area (Å²) in [4.78, 5) is 23.6. The minimum atomic E-state index is 0.00118. The van der Waals surface area contributed by atoms with E-state index >= 15 is 0 Å². The van der Waals surface area contributed by atoms with Crippen molar-refractivity contribution in [2.24, 2.45) is 0 Å². The van der Waals surface area contributed by atoms with Gasteiger partial charge in [0.25, 0.3) is 5.91 Å². The zero-order chi connectivity index (χ0) is 16.4. The molecule has 0 unspecified atom stereocenters. The molecule has 3 rings (SSSR count). The van der Waals surface area contributed by atoms with Gasteiger partial charge in [-0.05, 0) is 26.7 Å². The maximum atomic E-state index is 12.8. The number of amides is 1. The highest BCUT2D eigenvalue weighted by atomic mass is 16.2. The van der Waals surface area contributed by atoms with Crippen LogP contribution in [0, 0.1) is 6.92 Å². The number of nitrogens with zero attached hydrogens (tertiary/aromatic N) is 5. The third-order valence-electron chi connectivity index (χ3n) is 4.17. The van der Waals surface area contributed by atoms with Crippen molar-refractivity contribution < 1.29 is 4.79 Å². The Morgan fingerprint density at radius 1 is 1.43 bits per heavy atom. The average Bonchev–Trinajstić information content (AvgIpc) is 3.22. The van der Waals surface area contributed by atoms with E-state index in [-0.39, 0.29) is 11.9 Å². The second-order valence-electron chi connectivity index (χ2n) is 5.72. The fourth-order valence-electron chi connectivity index (χ4n) is 3.02. The first-order valence-electron chi connectivity index (χ1n) is 7.99. The SMILES string of the molecule is CCn1cc(C(=O)N2CCC[C@@H]2c2cc(NC)nc(C)n2)cn1. The summed E-state index contributed by atoms with van der Waals surface area (Å²) >= 11 is 0. The molecular weight excluding hydrogens is 292 g/mol. The Kier molecular flexibility index (Phi) is 4.27. The quantitative estimate of drug-likeness (QED) is 0.934. The predicted molar refractivity (Wildman–Crippen MR) is 87.2 cm³/mol. The fraction of sp³-hybridized carbons (Fsp3) is 0.500. The lowest BCUT2D eigenvalue weighted by Gasteiger charge is -2.24. The number of carbonyl (C=O) groups is 1. The Labute approximate surface area is 135 Å². The molecule has 1 N–H and O–H groups in total. The van der Waals surface area contributed by atoms with E-state index in [0.717, 1.165) is 37.4 Å². The van der Waals surface area contributed by atoms with Crippen molar-refractivity contribution in [2.75, 3.05) is 18.9 Å². The molecule has 23 heavy (non-hydrogen) atoms. The molecule has 0 saturated carbocycles. The van der Waals surface area contributed by atoms with Crippen LogP contribution >= 0.6 is 0 Å². The van der Waals surface area contributed by atoms with Crippen LogP contribution in [0.4, 0.5) is 5.82 Å². The summed E-state index contributed by atoms with van der Waals surface area (Å²) in [6.45, 7) is 5.38. The van der Waals surface area contributed by atoms with Gasteiger partial charge in [-0.15, -0.1) is 0 Å². The van der Waals surface area contributed by atoms with Crippen LogP contribution in [0.25, 0.3) is 0 Å². The summed E-state index contributed by atoms with van der Waals surface area (Å²) in [5.41, 5.74) is 1.54. The summed E-state index contributed by atoms with van der Waals surface area (Å²) < 4.78 is 1.77. The van der Waals surface area contributed by atoms with Crippen LogP contribution < -0.4 is 5.32 Å². The van der Waals surface area contributed by atoms with Crippen molar-refractivity contribution in [3.8, 4) is 0 Å². The van der Waals surface area contributed by atoms with E-state index in [1.54, 1.807) is 10.9 Å². The lowest BCUT2D eigenvalue weighted by molar-refractivity contribution is 0.0732. The smallest absolute Gasteiger partial charge is 0.257 e. The second-order valence-corrected chi connectivity index (χ2v) is 5.72. The Bertz CT molecular complexity index is 710. The molecule has 7 heteroatoms. The summed E-state index contributed by atoms with van der Waals surface area (Å²) in [7, 11) is 1.84. The third kappa shape index (κ3) is 3.04. The molecule has 2 aromatic rings. The monoisotopic (exact) mass is 314 g/mol. The maximum absolute atomic E-state index is 12.8. The number of aryl methyl sites for hydroxylation is 2. The molecule has 1 aliphatic rings. The molecule has 1 saturated heterocycles. The van der Waals surface area contributed by atoms with E-state index in [9.17, 15) is 4.79 Å². The van der Waals surface area contributed by atoms with Crippen molar-refractivity contribution in [1.29, 1.82) is 0 Å². The fourth-order valence-corrected chi connectivity index (χ4v) is 3.02. The van der Waals surface area contributed by atoms with Gasteiger partial charge in [-0.1, -0.05) is 0 Å². The zero-order valence-corrected chi connectivity index (χ0v) is 13.8. The van der Waals surface area contributed by atoms with Gasteiger partial charge in [-0.3, -0.25) is 9.48 Å². The van der Waals surface area contributed by atoms with Gasteiger partial charge in [0.1, 0.15) is 11.6 Å². The van der Waals surface area contributed by atoms with Gasteiger partial charge in [0.05, 0.1) is 23.5 Å². The van der Waals surface area contributed by atoms with Gasteiger partial charge in [0.15, 0.2) is 0 Å². The summed E-state index contributed by atoms with van der Waals surface area (Å²) in [5.74, 6) is 1.52. The number of anilines is 1. The lowest BCUT2D eigenvalue weighted by Crippen LogP contribution is -2.31. The molecule has 1 aliphatic heterocycles. The highest BCUT2D eigenvalue weighted by Crippen LogP contribution is 2.32. The second kappa shape index (κ2) is 6.36. The maximum Gasteiger partial charge on any atom is 0.257 e. The molecule has 0 aliphatic carbocycles. The van der Waals surface area contributed by atoms with Gasteiger partial charge in [0.2, 0.25) is 0 Å². The highest BCUT2D eigenvalue weighted by molar-refractivity contribution is 5.94. The molecule has 3 heterocycles. The van der Waals surface area contributed by atoms with E-state index in [1.165, 1.54) is 0 Å². The van der Waals surface area contributed by atoms with Gasteiger partial charge in [-0.25, -0.2) is 9.97 Å². The number of rotatable bonds is 4. The molecule has 1 fully saturated rings. The molecule has 0 spiro atoms. The highest BCUT2D eigenvalue weighted by Gasteiger charge is 2.32. The predicted octanol–water partition coefficient (Wildman–Crippen LogP) is 2.02. The minimum absolute atomic E-state index is 0.00118. The molecular formula is C16H22N6O. The standard InChI is InChI=1S/C16H22N6O/c1-4-21-10-12(9-18-21)16(23)22-7-5-6-14(22)13-8-15(17-3)20-11(2)19-13/h8-10,14H,4-7H2,1-3H3,(H,17,19,20)/t14-/m1/s1. The van der Waals surface area contributed by atoms with Gasteiger partial charge >= 0.3 is 0 Å². The van der Waals surface area contributed by atoms with Crippen molar-refractivity contribution >= 4 is 11.7 Å². The number of carbonyl (C=O) groups excluding carboxylic acids is 1. The first-order valence-corrected chi connectivity index (χ1v) is 7.99. The van der Waals surface area contributed by atoms with Crippen LogP contribution in [0.1, 0.15) is 47.7 Å². The minimum Gasteiger partial charge on any atom is -0.373 e. The molecule has 2 aromatic heterocycles. The van der Waals surface area contributed by atoms with Gasteiger partial charge in [-0.2, -0.15) is 5.10 Å². The number of likely N-dealkylation sites (tertiary alicyclic amines) is 1. The van der Waals surface area contributed by atoms with E-state index in [4.69, 9.17) is 0 Å². The van der Waals surface area contributed by atoms with Crippen LogP contribution in [0.15, 0.2) is 18.5 Å². The number of nitrogens with one attached hydrogen (secondary N) is 1. The molecule has 0 aromatic carbocycles. The molecule has 1 amide bonds. The van der Waals surface area contributed by atoms with E-state index < -0.39 is 0 Å². The summed E-state index contributed by atoms with van der Waals surface area (Å²) in [6.07, 6.45) is 5.36. The zero-order valence-electron chi connectivity index (χ0n) is 13.8. The molecule has 122 valence electrons. The van der Waals surface area contributed by atoms with Crippen LogP contribution in [0.2, 0.25) is 0 Å². The Balaban J connectivity index is 1.88. The molecule has 7 nitrogen and oxygen atoms in total. The average molecular weight is 314 g/mol. The molecule has 0 bridgehead atoms. The Morgan fingerprint density at radius 3 is 2.96 bits per heavy atom. The molecule has 1 atom stereocenters. The number of hydrogen-bond donors (Lipinski definition) is 1. The van der Waals surface area contributed by atoms with E-state index in [0.29, 0.717) is 11.4 Å². The third-order valence-corrected chi connectivity index (χ3v) is 4.17. The van der Waals surface area contributed by atoms with Crippen molar-refractivity contribution in [3.63, 3.8) is 0 Å². The van der Waals surface area contributed by atoms with Gasteiger partial charge in [0, 0.05) is 32.4 Å². The van der Waals surface area contributed by atoms with Gasteiger partial charge < -0.3 is 10.2 Å². The van der Waals surface area contributed by atoms with Crippen LogP contribution in [0.3, 0.4) is 0 Å². The topological polar surface area (TPSA) is 75.9 Å². The van der Waals surface area contributed by atoms with Crippen LogP contribution in [-0.4, -0.2) is 44.1 Å². The largest absolute Gasteiger partial charge is 0.373 e. The summed E-state index contributed by atoms with van der Waals surface area (Å²) in [5, 5.41) is 7.25. The molecule has 0 radical (unpaired) electrons. The first kappa shape index (κ1) is 15.5. The number of hydrogen-bond acceptors (Lipinski definition) is 5. The van der Waals surface area contributed by atoms with Crippen LogP contribution in [0.5, 0.6) is 0 Å². The first-order chi connectivity index (χ1) is 11.1. The van der Waals surface area contributed by atoms with Crippen molar-refractivity contribution in [2.45, 2.75) is 39.3 Å². The number of aromatic nitrogens is 4. The van der Waals surface area contributed by atoms with E-state index in [1.807, 2.05) is 38.1 Å². The lowest BCUT2D eigenvalue weighted by atomic mass is 10.1. The Hall–Kier alpha value is -2.44. The van der Waals surface area contributed by atoms with E-state index in [2.05, 4.69) is 20.4 Å². The van der Waals surface area contributed by atoms with Crippen molar-refractivity contribution in [3.05, 3.63) is 35.5 Å². The van der Waals surface area contributed by atoms with Crippen LogP contribution in [-0.2, 0) is 6.54 Å². The normalized spacial score (nSPS) is 17.5. The van der Waals surface area contributed by atoms with Crippen molar-refractivity contribution in [1.82, 2.24) is 24.6 Å². The Morgan fingerprint density at radius 2 is 2.26 bits per heavy atom.